The standard InChI is InChI=1S/C11H23N3O/c1-9(2)12-10-5-7-14(8-6-10)11(15)13(3)4/h9-10,12H,5-8H2,1-4H3. The highest BCUT2D eigenvalue weighted by Gasteiger charge is 2.23. The first kappa shape index (κ1) is 12.3. The zero-order chi connectivity index (χ0) is 11.4. The molecule has 4 nitrogen and oxygen atoms in total. The number of rotatable bonds is 2. The number of piperidine rings is 1. The summed E-state index contributed by atoms with van der Waals surface area (Å²) in [6.45, 7) is 6.08. The predicted octanol–water partition coefficient (Wildman–Crippen LogP) is 1.13. The maximum Gasteiger partial charge on any atom is 0.319 e. The average Bonchev–Trinajstić information content (AvgIpc) is 2.17. The van der Waals surface area contributed by atoms with Gasteiger partial charge in [0.05, 0.1) is 0 Å². The van der Waals surface area contributed by atoms with E-state index in [1.165, 1.54) is 0 Å². The summed E-state index contributed by atoms with van der Waals surface area (Å²) in [6, 6.07) is 1.25. The zero-order valence-corrected chi connectivity index (χ0v) is 10.3. The van der Waals surface area contributed by atoms with E-state index in [1.807, 2.05) is 4.90 Å². The summed E-state index contributed by atoms with van der Waals surface area (Å²) in [7, 11) is 3.61. The SMILES string of the molecule is CC(C)NC1CCN(C(=O)N(C)C)CC1. The second-order valence-electron chi connectivity index (χ2n) is 4.76. The van der Waals surface area contributed by atoms with E-state index in [9.17, 15) is 4.79 Å². The van der Waals surface area contributed by atoms with Crippen LogP contribution in [0.15, 0.2) is 0 Å². The van der Waals surface area contributed by atoms with Crippen molar-refractivity contribution >= 4 is 6.03 Å². The Balaban J connectivity index is 2.32. The van der Waals surface area contributed by atoms with E-state index in [4.69, 9.17) is 0 Å². The molecule has 1 aliphatic heterocycles. The van der Waals surface area contributed by atoms with E-state index in [0.29, 0.717) is 12.1 Å². The van der Waals surface area contributed by atoms with Gasteiger partial charge in [-0.25, -0.2) is 4.79 Å². The Morgan fingerprint density at radius 1 is 1.33 bits per heavy atom. The van der Waals surface area contributed by atoms with Crippen molar-refractivity contribution in [1.29, 1.82) is 0 Å². The highest BCUT2D eigenvalue weighted by Crippen LogP contribution is 2.12. The molecule has 0 unspecified atom stereocenters. The molecule has 0 saturated carbocycles. The molecule has 0 aromatic carbocycles. The Bertz CT molecular complexity index is 208. The van der Waals surface area contributed by atoms with E-state index in [1.54, 1.807) is 19.0 Å². The van der Waals surface area contributed by atoms with Crippen LogP contribution in [0.5, 0.6) is 0 Å². The first-order chi connectivity index (χ1) is 7.00. The number of carbonyl (C=O) groups is 1. The quantitative estimate of drug-likeness (QED) is 0.746. The Hall–Kier alpha value is -0.770. The van der Waals surface area contributed by atoms with Crippen molar-refractivity contribution in [3.63, 3.8) is 0 Å². The molecule has 1 rings (SSSR count). The molecule has 15 heavy (non-hydrogen) atoms. The third-order valence-electron chi connectivity index (χ3n) is 2.72. The van der Waals surface area contributed by atoms with Crippen molar-refractivity contribution in [3.8, 4) is 0 Å². The zero-order valence-electron chi connectivity index (χ0n) is 10.3. The van der Waals surface area contributed by atoms with Gasteiger partial charge in [-0.3, -0.25) is 0 Å². The second kappa shape index (κ2) is 5.35. The van der Waals surface area contributed by atoms with Crippen LogP contribution in [0.25, 0.3) is 0 Å². The molecule has 0 spiro atoms. The molecule has 0 radical (unpaired) electrons. The molecule has 1 saturated heterocycles. The summed E-state index contributed by atoms with van der Waals surface area (Å²) in [5, 5.41) is 3.52. The smallest absolute Gasteiger partial charge is 0.319 e. The van der Waals surface area contributed by atoms with E-state index >= 15 is 0 Å². The van der Waals surface area contributed by atoms with Gasteiger partial charge < -0.3 is 15.1 Å². The van der Waals surface area contributed by atoms with Crippen molar-refractivity contribution in [2.75, 3.05) is 27.2 Å². The Labute approximate surface area is 92.6 Å². The highest BCUT2D eigenvalue weighted by atomic mass is 16.2. The molecule has 1 fully saturated rings. The summed E-state index contributed by atoms with van der Waals surface area (Å²) in [4.78, 5) is 15.2. The minimum Gasteiger partial charge on any atom is -0.331 e. The van der Waals surface area contributed by atoms with Crippen molar-refractivity contribution in [2.24, 2.45) is 0 Å². The van der Waals surface area contributed by atoms with Crippen LogP contribution >= 0.6 is 0 Å². The summed E-state index contributed by atoms with van der Waals surface area (Å²) in [5.74, 6) is 0. The summed E-state index contributed by atoms with van der Waals surface area (Å²) < 4.78 is 0. The van der Waals surface area contributed by atoms with E-state index < -0.39 is 0 Å². The van der Waals surface area contributed by atoms with Crippen molar-refractivity contribution in [3.05, 3.63) is 0 Å². The van der Waals surface area contributed by atoms with E-state index in [-0.39, 0.29) is 6.03 Å². The largest absolute Gasteiger partial charge is 0.331 e. The molecule has 0 atom stereocenters. The van der Waals surface area contributed by atoms with Crippen molar-refractivity contribution < 1.29 is 4.79 Å². The van der Waals surface area contributed by atoms with Gasteiger partial charge in [-0.2, -0.15) is 0 Å². The van der Waals surface area contributed by atoms with Crippen LogP contribution in [0.4, 0.5) is 4.79 Å². The van der Waals surface area contributed by atoms with Crippen LogP contribution in [0.1, 0.15) is 26.7 Å². The number of hydrogen-bond donors (Lipinski definition) is 1. The van der Waals surface area contributed by atoms with Crippen LogP contribution < -0.4 is 5.32 Å². The fourth-order valence-corrected chi connectivity index (χ4v) is 1.99. The maximum atomic E-state index is 11.7. The lowest BCUT2D eigenvalue weighted by Crippen LogP contribution is -2.49. The molecule has 2 amide bonds. The van der Waals surface area contributed by atoms with E-state index in [2.05, 4.69) is 19.2 Å². The van der Waals surface area contributed by atoms with Gasteiger partial charge in [-0.05, 0) is 12.8 Å². The fourth-order valence-electron chi connectivity index (χ4n) is 1.99. The topological polar surface area (TPSA) is 35.6 Å². The lowest BCUT2D eigenvalue weighted by atomic mass is 10.0. The second-order valence-corrected chi connectivity index (χ2v) is 4.76. The predicted molar refractivity (Wildman–Crippen MR) is 61.9 cm³/mol. The molecule has 0 aromatic rings. The fraction of sp³-hybridized carbons (Fsp3) is 0.909. The number of hydrogen-bond acceptors (Lipinski definition) is 2. The Morgan fingerprint density at radius 2 is 1.87 bits per heavy atom. The third kappa shape index (κ3) is 3.70. The number of nitrogens with zero attached hydrogens (tertiary/aromatic N) is 2. The molecular formula is C11H23N3O. The highest BCUT2D eigenvalue weighted by molar-refractivity contribution is 5.73. The molecule has 88 valence electrons. The number of carbonyl (C=O) groups excluding carboxylic acids is 1. The van der Waals surface area contributed by atoms with Crippen LogP contribution in [0, 0.1) is 0 Å². The Morgan fingerprint density at radius 3 is 2.27 bits per heavy atom. The van der Waals surface area contributed by atoms with Crippen LogP contribution in [0.3, 0.4) is 0 Å². The van der Waals surface area contributed by atoms with E-state index in [0.717, 1.165) is 25.9 Å². The summed E-state index contributed by atoms with van der Waals surface area (Å²) in [5.41, 5.74) is 0. The lowest BCUT2D eigenvalue weighted by Gasteiger charge is -2.34. The maximum absolute atomic E-state index is 11.7. The monoisotopic (exact) mass is 213 g/mol. The van der Waals surface area contributed by atoms with Gasteiger partial charge in [0.2, 0.25) is 0 Å². The molecule has 4 heteroatoms. The summed E-state index contributed by atoms with van der Waals surface area (Å²) in [6.07, 6.45) is 2.13. The molecular weight excluding hydrogens is 190 g/mol. The lowest BCUT2D eigenvalue weighted by molar-refractivity contribution is 0.151. The van der Waals surface area contributed by atoms with Gasteiger partial charge in [-0.1, -0.05) is 13.8 Å². The Kier molecular flexibility index (Phi) is 4.39. The molecule has 0 aliphatic carbocycles. The van der Waals surface area contributed by atoms with Gasteiger partial charge in [0.25, 0.3) is 0 Å². The van der Waals surface area contributed by atoms with Gasteiger partial charge >= 0.3 is 6.03 Å². The number of urea groups is 1. The third-order valence-corrected chi connectivity index (χ3v) is 2.72. The number of nitrogens with one attached hydrogen (secondary N) is 1. The number of likely N-dealkylation sites (tertiary alicyclic amines) is 1. The average molecular weight is 213 g/mol. The first-order valence-electron chi connectivity index (χ1n) is 5.73. The first-order valence-corrected chi connectivity index (χ1v) is 5.73. The normalized spacial score (nSPS) is 18.3. The molecule has 0 aromatic heterocycles. The molecule has 1 N–H and O–H groups in total. The summed E-state index contributed by atoms with van der Waals surface area (Å²) >= 11 is 0. The molecule has 1 aliphatic rings. The van der Waals surface area contributed by atoms with Gasteiger partial charge in [0.15, 0.2) is 0 Å². The molecule has 1 heterocycles. The minimum atomic E-state index is 0.137. The molecule has 0 bridgehead atoms. The van der Waals surface area contributed by atoms with Crippen molar-refractivity contribution in [2.45, 2.75) is 38.8 Å². The van der Waals surface area contributed by atoms with Gasteiger partial charge in [-0.15, -0.1) is 0 Å². The minimum absolute atomic E-state index is 0.137. The van der Waals surface area contributed by atoms with Crippen LogP contribution in [-0.4, -0.2) is 55.1 Å². The number of amides is 2. The van der Waals surface area contributed by atoms with Crippen LogP contribution in [0.2, 0.25) is 0 Å². The van der Waals surface area contributed by atoms with Gasteiger partial charge in [0.1, 0.15) is 0 Å². The van der Waals surface area contributed by atoms with Crippen LogP contribution in [-0.2, 0) is 0 Å². The van der Waals surface area contributed by atoms with Crippen molar-refractivity contribution in [1.82, 2.24) is 15.1 Å². The van der Waals surface area contributed by atoms with Gasteiger partial charge in [0, 0.05) is 39.3 Å².